The van der Waals surface area contributed by atoms with Crippen LogP contribution in [0.15, 0.2) is 23.8 Å². The number of ether oxygens (including phenoxy) is 4. The third-order valence-electron chi connectivity index (χ3n) is 5.97. The normalized spacial score (nSPS) is 33.5. The van der Waals surface area contributed by atoms with E-state index >= 15 is 0 Å². The molecular formula is C19H25NO5. The maximum absolute atomic E-state index is 11.1. The molecule has 6 heteroatoms. The van der Waals surface area contributed by atoms with Crippen molar-refractivity contribution in [3.05, 3.63) is 34.9 Å². The first-order chi connectivity index (χ1) is 12.1. The van der Waals surface area contributed by atoms with Crippen LogP contribution in [0.3, 0.4) is 0 Å². The Hall–Kier alpha value is -1.60. The number of aliphatic hydroxyl groups is 1. The molecule has 0 saturated carbocycles. The molecule has 0 aromatic heterocycles. The van der Waals surface area contributed by atoms with Crippen LogP contribution in [0, 0.1) is 0 Å². The molecule has 4 atom stereocenters. The highest BCUT2D eigenvalue weighted by molar-refractivity contribution is 5.53. The number of aliphatic hydroxyl groups excluding tert-OH is 1. The van der Waals surface area contributed by atoms with Crippen LogP contribution in [0.4, 0.5) is 0 Å². The summed E-state index contributed by atoms with van der Waals surface area (Å²) in [5.41, 5.74) is 2.75. The topological polar surface area (TPSA) is 60.4 Å². The fourth-order valence-corrected chi connectivity index (χ4v) is 4.88. The molecule has 2 heterocycles. The molecule has 1 fully saturated rings. The van der Waals surface area contributed by atoms with E-state index in [2.05, 4.69) is 4.90 Å². The monoisotopic (exact) mass is 347 g/mol. The van der Waals surface area contributed by atoms with E-state index in [9.17, 15) is 5.11 Å². The molecule has 1 aliphatic carbocycles. The Labute approximate surface area is 147 Å². The quantitative estimate of drug-likeness (QED) is 0.836. The van der Waals surface area contributed by atoms with E-state index in [0.29, 0.717) is 11.5 Å². The summed E-state index contributed by atoms with van der Waals surface area (Å²) in [6.45, 7) is 1.65. The summed E-state index contributed by atoms with van der Waals surface area (Å²) >= 11 is 0. The van der Waals surface area contributed by atoms with Gasteiger partial charge in [0.1, 0.15) is 6.10 Å². The van der Waals surface area contributed by atoms with Gasteiger partial charge in [-0.1, -0.05) is 0 Å². The van der Waals surface area contributed by atoms with Crippen LogP contribution in [-0.4, -0.2) is 62.9 Å². The van der Waals surface area contributed by atoms with Crippen LogP contribution < -0.4 is 9.47 Å². The van der Waals surface area contributed by atoms with E-state index in [-0.39, 0.29) is 12.0 Å². The van der Waals surface area contributed by atoms with Crippen molar-refractivity contribution in [2.24, 2.45) is 0 Å². The minimum atomic E-state index is -0.702. The molecule has 136 valence electrons. The van der Waals surface area contributed by atoms with Crippen LogP contribution in [-0.2, 0) is 16.0 Å². The highest BCUT2D eigenvalue weighted by atomic mass is 16.5. The van der Waals surface area contributed by atoms with Gasteiger partial charge in [0.2, 0.25) is 0 Å². The number of hydrogen-bond acceptors (Lipinski definition) is 6. The Morgan fingerprint density at radius 1 is 1.12 bits per heavy atom. The van der Waals surface area contributed by atoms with E-state index in [1.54, 1.807) is 28.4 Å². The molecule has 0 bridgehead atoms. The second-order valence-corrected chi connectivity index (χ2v) is 6.84. The molecule has 1 N–H and O–H groups in total. The zero-order valence-electron chi connectivity index (χ0n) is 15.1. The van der Waals surface area contributed by atoms with Gasteiger partial charge in [0.15, 0.2) is 17.2 Å². The smallest absolute Gasteiger partial charge is 0.161 e. The fourth-order valence-electron chi connectivity index (χ4n) is 4.88. The maximum atomic E-state index is 11.1. The van der Waals surface area contributed by atoms with Gasteiger partial charge in [-0.15, -0.1) is 0 Å². The van der Waals surface area contributed by atoms with Gasteiger partial charge in [0.05, 0.1) is 26.2 Å². The largest absolute Gasteiger partial charge is 0.493 e. The predicted octanol–water partition coefficient (Wildman–Crippen LogP) is 1.67. The molecule has 4 rings (SSSR count). The van der Waals surface area contributed by atoms with Gasteiger partial charge in [0.25, 0.3) is 0 Å². The van der Waals surface area contributed by atoms with Crippen LogP contribution in [0.2, 0.25) is 0 Å². The number of fused-ring (bicyclic) bond motifs is 2. The molecule has 0 spiro atoms. The Balaban J connectivity index is 1.94. The lowest BCUT2D eigenvalue weighted by atomic mass is 9.70. The van der Waals surface area contributed by atoms with Gasteiger partial charge in [0, 0.05) is 27.3 Å². The predicted molar refractivity (Wildman–Crippen MR) is 91.9 cm³/mol. The fraction of sp³-hybridized carbons (Fsp3) is 0.579. The van der Waals surface area contributed by atoms with Crippen molar-refractivity contribution in [1.82, 2.24) is 4.90 Å². The second-order valence-electron chi connectivity index (χ2n) is 6.84. The van der Waals surface area contributed by atoms with Gasteiger partial charge < -0.3 is 24.1 Å². The van der Waals surface area contributed by atoms with E-state index in [0.717, 1.165) is 30.6 Å². The van der Waals surface area contributed by atoms with Crippen molar-refractivity contribution in [3.63, 3.8) is 0 Å². The van der Waals surface area contributed by atoms with Crippen molar-refractivity contribution >= 4 is 0 Å². The molecule has 6 nitrogen and oxygen atoms in total. The summed E-state index contributed by atoms with van der Waals surface area (Å²) < 4.78 is 22.6. The first kappa shape index (κ1) is 16.8. The average Bonchev–Trinajstić information content (AvgIpc) is 3.00. The molecule has 0 amide bonds. The summed E-state index contributed by atoms with van der Waals surface area (Å²) in [4.78, 5) is 2.31. The molecule has 1 aromatic rings. The van der Waals surface area contributed by atoms with Crippen LogP contribution in [0.1, 0.15) is 23.5 Å². The SMILES string of the molecule is COc1cc2c(cc1OC)[C@@H]1[C@H](O)[C@@H](OC)C=C3CCN(C2)[C@]31OC. The number of methoxy groups -OCH3 is 4. The molecule has 2 aliphatic heterocycles. The highest BCUT2D eigenvalue weighted by Gasteiger charge is 2.60. The summed E-state index contributed by atoms with van der Waals surface area (Å²) in [5, 5.41) is 11.1. The molecular weight excluding hydrogens is 322 g/mol. The lowest BCUT2D eigenvalue weighted by Crippen LogP contribution is -2.60. The average molecular weight is 347 g/mol. The summed E-state index contributed by atoms with van der Waals surface area (Å²) in [5.74, 6) is 1.12. The van der Waals surface area contributed by atoms with Crippen LogP contribution >= 0.6 is 0 Å². The molecule has 1 aromatic carbocycles. The van der Waals surface area contributed by atoms with Gasteiger partial charge in [-0.05, 0) is 41.3 Å². The standard InChI is InChI=1S/C19H25NO5/c1-22-14-7-11-10-20-6-5-12-8-16(24-3)18(21)17(19(12,20)25-4)13(11)9-15(14)23-2/h7-9,16-18,21H,5-6,10H2,1-4H3/t16-,17+,18+,19-/m0/s1. The first-order valence-corrected chi connectivity index (χ1v) is 8.57. The first-order valence-electron chi connectivity index (χ1n) is 8.57. The summed E-state index contributed by atoms with van der Waals surface area (Å²) in [6, 6.07) is 3.99. The van der Waals surface area contributed by atoms with E-state index in [1.165, 1.54) is 5.57 Å². The molecule has 0 unspecified atom stereocenters. The van der Waals surface area contributed by atoms with Gasteiger partial charge in [-0.3, -0.25) is 4.90 Å². The third kappa shape index (κ3) is 2.11. The van der Waals surface area contributed by atoms with E-state index in [1.807, 2.05) is 18.2 Å². The van der Waals surface area contributed by atoms with Crippen LogP contribution in [0.25, 0.3) is 0 Å². The molecule has 25 heavy (non-hydrogen) atoms. The lowest BCUT2D eigenvalue weighted by molar-refractivity contribution is -0.161. The lowest BCUT2D eigenvalue weighted by Gasteiger charge is -2.53. The van der Waals surface area contributed by atoms with Crippen molar-refractivity contribution in [2.45, 2.75) is 36.8 Å². The Kier molecular flexibility index (Phi) is 4.03. The third-order valence-corrected chi connectivity index (χ3v) is 5.97. The zero-order valence-corrected chi connectivity index (χ0v) is 15.1. The minimum absolute atomic E-state index is 0.242. The second kappa shape index (κ2) is 5.99. The highest BCUT2D eigenvalue weighted by Crippen LogP contribution is 2.56. The Bertz CT molecular complexity index is 718. The zero-order chi connectivity index (χ0) is 17.8. The number of hydrogen-bond donors (Lipinski definition) is 1. The van der Waals surface area contributed by atoms with Crippen molar-refractivity contribution in [1.29, 1.82) is 0 Å². The molecule has 1 saturated heterocycles. The summed E-state index contributed by atoms with van der Waals surface area (Å²) in [7, 11) is 6.63. The van der Waals surface area contributed by atoms with E-state index in [4.69, 9.17) is 18.9 Å². The number of benzene rings is 1. The van der Waals surface area contributed by atoms with Crippen LogP contribution in [0.5, 0.6) is 11.5 Å². The molecule has 3 aliphatic rings. The van der Waals surface area contributed by atoms with Crippen molar-refractivity contribution < 1.29 is 24.1 Å². The van der Waals surface area contributed by atoms with Gasteiger partial charge >= 0.3 is 0 Å². The maximum Gasteiger partial charge on any atom is 0.161 e. The Morgan fingerprint density at radius 3 is 2.48 bits per heavy atom. The van der Waals surface area contributed by atoms with Crippen molar-refractivity contribution in [3.8, 4) is 11.5 Å². The van der Waals surface area contributed by atoms with Gasteiger partial charge in [-0.2, -0.15) is 0 Å². The van der Waals surface area contributed by atoms with Gasteiger partial charge in [-0.25, -0.2) is 0 Å². The molecule has 0 radical (unpaired) electrons. The minimum Gasteiger partial charge on any atom is -0.493 e. The Morgan fingerprint density at radius 2 is 1.84 bits per heavy atom. The van der Waals surface area contributed by atoms with E-state index < -0.39 is 11.8 Å². The number of nitrogens with zero attached hydrogens (tertiary/aromatic N) is 1. The van der Waals surface area contributed by atoms with Crippen molar-refractivity contribution in [2.75, 3.05) is 35.0 Å². The number of rotatable bonds is 4. The summed E-state index contributed by atoms with van der Waals surface area (Å²) in [6.07, 6.45) is 1.91.